The van der Waals surface area contributed by atoms with Gasteiger partial charge in [-0.1, -0.05) is 5.10 Å². The van der Waals surface area contributed by atoms with Gasteiger partial charge in [-0.25, -0.2) is 9.37 Å². The minimum atomic E-state index is -0.253. The molecule has 3 aromatic rings. The molecule has 0 bridgehead atoms. The molecule has 1 amide bonds. The van der Waals surface area contributed by atoms with Gasteiger partial charge in [0.05, 0.1) is 10.7 Å². The number of nitrogens with zero attached hydrogens (tertiary/aromatic N) is 3. The normalized spacial score (nSPS) is 10.9. The summed E-state index contributed by atoms with van der Waals surface area (Å²) in [5.74, 6) is 0.678. The summed E-state index contributed by atoms with van der Waals surface area (Å²) < 4.78 is 18.3. The summed E-state index contributed by atoms with van der Waals surface area (Å²) >= 11 is 3.05. The Hall–Kier alpha value is -2.26. The highest BCUT2D eigenvalue weighted by molar-refractivity contribution is 7.99. The lowest BCUT2D eigenvalue weighted by atomic mass is 10.3. The van der Waals surface area contributed by atoms with E-state index in [1.165, 1.54) is 23.5 Å². The van der Waals surface area contributed by atoms with Gasteiger partial charge in [0.1, 0.15) is 10.7 Å². The van der Waals surface area contributed by atoms with Crippen LogP contribution < -0.4 is 5.32 Å². The van der Waals surface area contributed by atoms with Crippen LogP contribution in [0.1, 0.15) is 23.5 Å². The van der Waals surface area contributed by atoms with Gasteiger partial charge in [-0.3, -0.25) is 10.1 Å². The quantitative estimate of drug-likeness (QED) is 0.472. The van der Waals surface area contributed by atoms with E-state index in [2.05, 4.69) is 20.5 Å². The molecule has 0 fully saturated rings. The highest BCUT2D eigenvalue weighted by atomic mass is 32.2. The molecule has 3 rings (SSSR count). The zero-order valence-electron chi connectivity index (χ0n) is 14.3. The van der Waals surface area contributed by atoms with Crippen LogP contribution in [0.25, 0.3) is 10.8 Å². The van der Waals surface area contributed by atoms with Gasteiger partial charge in [0.25, 0.3) is 5.89 Å². The summed E-state index contributed by atoms with van der Waals surface area (Å²) in [7, 11) is 0. The van der Waals surface area contributed by atoms with Crippen LogP contribution in [0.2, 0.25) is 0 Å². The zero-order chi connectivity index (χ0) is 18.5. The van der Waals surface area contributed by atoms with E-state index in [4.69, 9.17) is 4.42 Å². The first-order valence-corrected chi connectivity index (χ1v) is 9.77. The number of rotatable bonds is 7. The van der Waals surface area contributed by atoms with Crippen LogP contribution in [0.4, 0.5) is 10.4 Å². The van der Waals surface area contributed by atoms with Gasteiger partial charge in [-0.15, -0.1) is 28.2 Å². The van der Waals surface area contributed by atoms with Crippen molar-refractivity contribution in [3.8, 4) is 10.8 Å². The third-order valence-electron chi connectivity index (χ3n) is 3.40. The molecule has 6 nitrogen and oxygen atoms in total. The summed E-state index contributed by atoms with van der Waals surface area (Å²) in [5.41, 5.74) is 0.826. The maximum atomic E-state index is 12.8. The number of thiazole rings is 1. The van der Waals surface area contributed by atoms with Crippen molar-refractivity contribution in [1.29, 1.82) is 0 Å². The second-order valence-electron chi connectivity index (χ2n) is 5.51. The van der Waals surface area contributed by atoms with Gasteiger partial charge < -0.3 is 4.42 Å². The predicted octanol–water partition coefficient (Wildman–Crippen LogP) is 4.46. The first-order chi connectivity index (χ1) is 12.5. The summed E-state index contributed by atoms with van der Waals surface area (Å²) in [6, 6.07) is 6.39. The largest absolute Gasteiger partial charge is 0.402 e. The van der Waals surface area contributed by atoms with Gasteiger partial charge in [0.15, 0.2) is 0 Å². The zero-order valence-corrected chi connectivity index (χ0v) is 15.9. The van der Waals surface area contributed by atoms with E-state index in [9.17, 15) is 9.18 Å². The van der Waals surface area contributed by atoms with Crippen LogP contribution >= 0.6 is 23.1 Å². The third kappa shape index (κ3) is 4.89. The summed E-state index contributed by atoms with van der Waals surface area (Å²) in [6.45, 7) is 3.78. The minimum Gasteiger partial charge on any atom is -0.402 e. The number of hydrogen-bond acceptors (Lipinski definition) is 7. The number of thioether (sulfide) groups is 1. The van der Waals surface area contributed by atoms with Crippen molar-refractivity contribution in [3.63, 3.8) is 0 Å². The van der Waals surface area contributed by atoms with E-state index in [1.54, 1.807) is 23.9 Å². The molecular formula is C17H17FN4O2S2. The van der Waals surface area contributed by atoms with Gasteiger partial charge in [-0.05, 0) is 50.3 Å². The Bertz CT molecular complexity index is 893. The van der Waals surface area contributed by atoms with Crippen LogP contribution in [0, 0.1) is 19.7 Å². The molecule has 0 atom stereocenters. The van der Waals surface area contributed by atoms with Crippen LogP contribution in [0.15, 0.2) is 33.6 Å². The smallest absolute Gasteiger partial charge is 0.322 e. The highest BCUT2D eigenvalue weighted by Gasteiger charge is 2.16. The minimum absolute atomic E-state index is 0.0849. The second kappa shape index (κ2) is 8.41. The van der Waals surface area contributed by atoms with Crippen molar-refractivity contribution in [1.82, 2.24) is 15.2 Å². The average molecular weight is 392 g/mol. The van der Waals surface area contributed by atoms with Crippen molar-refractivity contribution in [3.05, 3.63) is 40.8 Å². The lowest BCUT2D eigenvalue weighted by molar-refractivity contribution is -0.116. The molecule has 2 heterocycles. The molecule has 0 aliphatic rings. The van der Waals surface area contributed by atoms with E-state index < -0.39 is 0 Å². The second-order valence-corrected chi connectivity index (χ2v) is 7.89. The Morgan fingerprint density at radius 2 is 2.04 bits per heavy atom. The van der Waals surface area contributed by atoms with Crippen LogP contribution in [0.5, 0.6) is 0 Å². The fourth-order valence-electron chi connectivity index (χ4n) is 2.23. The van der Waals surface area contributed by atoms with Crippen molar-refractivity contribution in [2.45, 2.75) is 31.6 Å². The molecule has 0 aliphatic carbocycles. The van der Waals surface area contributed by atoms with Crippen LogP contribution in [-0.2, 0) is 4.79 Å². The van der Waals surface area contributed by atoms with Gasteiger partial charge in [0.2, 0.25) is 5.91 Å². The number of carbonyl (C=O) groups excluding carboxylic acids is 1. The van der Waals surface area contributed by atoms with Gasteiger partial charge >= 0.3 is 6.01 Å². The van der Waals surface area contributed by atoms with E-state index >= 15 is 0 Å². The maximum absolute atomic E-state index is 12.8. The van der Waals surface area contributed by atoms with E-state index in [1.807, 2.05) is 13.8 Å². The number of hydrogen-bond donors (Lipinski definition) is 1. The van der Waals surface area contributed by atoms with E-state index in [0.717, 1.165) is 26.2 Å². The molecular weight excluding hydrogens is 375 g/mol. The topological polar surface area (TPSA) is 80.9 Å². The summed E-state index contributed by atoms with van der Waals surface area (Å²) in [5, 5.41) is 11.3. The molecule has 1 aromatic carbocycles. The average Bonchev–Trinajstić information content (AvgIpc) is 3.19. The number of aryl methyl sites for hydroxylation is 2. The Kier molecular flexibility index (Phi) is 6.00. The number of benzene rings is 1. The fraction of sp³-hybridized carbons (Fsp3) is 0.294. The third-order valence-corrected chi connectivity index (χ3v) is 5.56. The predicted molar refractivity (Wildman–Crippen MR) is 99.9 cm³/mol. The monoisotopic (exact) mass is 392 g/mol. The van der Waals surface area contributed by atoms with Crippen molar-refractivity contribution in [2.24, 2.45) is 0 Å². The molecule has 0 unspecified atom stereocenters. The Labute approximate surface area is 158 Å². The molecule has 2 aromatic heterocycles. The van der Waals surface area contributed by atoms with Gasteiger partial charge in [-0.2, -0.15) is 0 Å². The molecule has 136 valence electrons. The molecule has 26 heavy (non-hydrogen) atoms. The van der Waals surface area contributed by atoms with Gasteiger partial charge in [0, 0.05) is 11.3 Å². The first-order valence-electron chi connectivity index (χ1n) is 7.97. The van der Waals surface area contributed by atoms with Crippen molar-refractivity contribution in [2.75, 3.05) is 11.1 Å². The summed E-state index contributed by atoms with van der Waals surface area (Å²) in [6.07, 6.45) is 1.02. The summed E-state index contributed by atoms with van der Waals surface area (Å²) in [4.78, 5) is 18.1. The number of anilines is 1. The Morgan fingerprint density at radius 3 is 2.73 bits per heavy atom. The van der Waals surface area contributed by atoms with E-state index in [-0.39, 0.29) is 17.7 Å². The Balaban J connectivity index is 1.45. The molecule has 0 radical (unpaired) electrons. The number of carbonyl (C=O) groups is 1. The Morgan fingerprint density at radius 1 is 1.27 bits per heavy atom. The lowest BCUT2D eigenvalue weighted by Crippen LogP contribution is -2.11. The molecule has 1 N–H and O–H groups in total. The first kappa shape index (κ1) is 18.5. The van der Waals surface area contributed by atoms with Crippen LogP contribution in [0.3, 0.4) is 0 Å². The number of aromatic nitrogens is 3. The number of amides is 1. The fourth-order valence-corrected chi connectivity index (χ4v) is 3.92. The highest BCUT2D eigenvalue weighted by Crippen LogP contribution is 2.29. The SMILES string of the molecule is Cc1nc(C)c(-c2nnc(NC(=O)CCCSc3ccc(F)cc3)o2)s1. The number of nitrogens with one attached hydrogen (secondary N) is 1. The molecule has 9 heteroatoms. The lowest BCUT2D eigenvalue weighted by Gasteiger charge is -2.02. The maximum Gasteiger partial charge on any atom is 0.322 e. The van der Waals surface area contributed by atoms with E-state index in [0.29, 0.717) is 18.7 Å². The molecule has 0 saturated heterocycles. The molecule has 0 saturated carbocycles. The molecule has 0 spiro atoms. The van der Waals surface area contributed by atoms with Crippen molar-refractivity contribution < 1.29 is 13.6 Å². The van der Waals surface area contributed by atoms with Crippen molar-refractivity contribution >= 4 is 35.0 Å². The standard InChI is InChI=1S/C17H17FN4O2S2/c1-10-15(26-11(2)19-10)16-21-22-17(24-16)20-14(23)4-3-9-25-13-7-5-12(18)6-8-13/h5-8H,3-4,9H2,1-2H3,(H,20,22,23). The molecule has 0 aliphatic heterocycles. The van der Waals surface area contributed by atoms with Crippen LogP contribution in [-0.4, -0.2) is 26.8 Å². The number of halogens is 1.